The van der Waals surface area contributed by atoms with Gasteiger partial charge in [0.1, 0.15) is 5.78 Å². The minimum absolute atomic E-state index is 0.257. The summed E-state index contributed by atoms with van der Waals surface area (Å²) in [4.78, 5) is 11.0. The van der Waals surface area contributed by atoms with Crippen LogP contribution in [0, 0.1) is 11.8 Å². The molecule has 0 aromatic carbocycles. The second-order valence-electron chi connectivity index (χ2n) is 4.69. The van der Waals surface area contributed by atoms with E-state index in [2.05, 4.69) is 26.0 Å². The van der Waals surface area contributed by atoms with Crippen molar-refractivity contribution in [1.29, 1.82) is 0 Å². The molecule has 0 saturated heterocycles. The van der Waals surface area contributed by atoms with E-state index in [1.807, 2.05) is 6.92 Å². The van der Waals surface area contributed by atoms with Crippen molar-refractivity contribution in [2.75, 3.05) is 0 Å². The number of hydrogen-bond acceptors (Lipinski definition) is 1. The van der Waals surface area contributed by atoms with Gasteiger partial charge >= 0.3 is 0 Å². The number of Topliss-reactive ketones (excluding diaryl/α,β-unsaturated/α-hetero) is 1. The van der Waals surface area contributed by atoms with Gasteiger partial charge in [-0.2, -0.15) is 0 Å². The molecule has 0 aliphatic heterocycles. The van der Waals surface area contributed by atoms with Crippen LogP contribution in [0.1, 0.15) is 59.8 Å². The van der Waals surface area contributed by atoms with Crippen LogP contribution in [0.3, 0.4) is 0 Å². The maximum atomic E-state index is 11.0. The summed E-state index contributed by atoms with van der Waals surface area (Å²) < 4.78 is 0. The molecule has 0 aromatic heterocycles. The van der Waals surface area contributed by atoms with E-state index < -0.39 is 0 Å². The van der Waals surface area contributed by atoms with Crippen LogP contribution in [0.5, 0.6) is 0 Å². The van der Waals surface area contributed by atoms with E-state index in [1.165, 1.54) is 25.7 Å². The lowest BCUT2D eigenvalue weighted by Gasteiger charge is -2.11. The first kappa shape index (κ1) is 14.4. The van der Waals surface area contributed by atoms with Crippen molar-refractivity contribution in [2.45, 2.75) is 59.8 Å². The van der Waals surface area contributed by atoms with Crippen molar-refractivity contribution in [3.8, 4) is 0 Å². The summed E-state index contributed by atoms with van der Waals surface area (Å²) in [5, 5.41) is 0. The molecule has 1 heteroatoms. The van der Waals surface area contributed by atoms with Crippen molar-refractivity contribution >= 4 is 5.78 Å². The topological polar surface area (TPSA) is 17.1 Å². The average molecular weight is 210 g/mol. The largest absolute Gasteiger partial charge is 0.300 e. The molecule has 0 spiro atoms. The van der Waals surface area contributed by atoms with E-state index in [9.17, 15) is 4.79 Å². The van der Waals surface area contributed by atoms with Crippen LogP contribution in [-0.2, 0) is 4.79 Å². The van der Waals surface area contributed by atoms with Crippen molar-refractivity contribution in [1.82, 2.24) is 0 Å². The first-order chi connectivity index (χ1) is 7.07. The molecule has 0 bridgehead atoms. The third-order valence-electron chi connectivity index (χ3n) is 3.09. The van der Waals surface area contributed by atoms with Crippen LogP contribution in [0.2, 0.25) is 0 Å². The first-order valence-electron chi connectivity index (χ1n) is 6.19. The van der Waals surface area contributed by atoms with Gasteiger partial charge in [-0.05, 0) is 39.0 Å². The molecule has 0 radical (unpaired) electrons. The van der Waals surface area contributed by atoms with Gasteiger partial charge in [-0.1, -0.05) is 38.8 Å². The molecule has 15 heavy (non-hydrogen) atoms. The van der Waals surface area contributed by atoms with Crippen LogP contribution in [0.25, 0.3) is 0 Å². The fraction of sp³-hybridized carbons (Fsp3) is 0.786. The van der Waals surface area contributed by atoms with Gasteiger partial charge in [0.05, 0.1) is 0 Å². The van der Waals surface area contributed by atoms with Gasteiger partial charge in [-0.15, -0.1) is 0 Å². The van der Waals surface area contributed by atoms with Gasteiger partial charge in [0.2, 0.25) is 0 Å². The highest BCUT2D eigenvalue weighted by Crippen LogP contribution is 2.17. The van der Waals surface area contributed by atoms with E-state index in [0.29, 0.717) is 5.78 Å². The van der Waals surface area contributed by atoms with Gasteiger partial charge in [0.25, 0.3) is 0 Å². The zero-order valence-corrected chi connectivity index (χ0v) is 10.8. The molecule has 0 saturated carbocycles. The van der Waals surface area contributed by atoms with Crippen molar-refractivity contribution in [3.63, 3.8) is 0 Å². The van der Waals surface area contributed by atoms with E-state index in [1.54, 1.807) is 6.92 Å². The molecule has 0 aliphatic carbocycles. The highest BCUT2D eigenvalue weighted by atomic mass is 16.1. The number of allylic oxidation sites excluding steroid dienone is 2. The molecule has 0 heterocycles. The second-order valence-corrected chi connectivity index (χ2v) is 4.69. The zero-order chi connectivity index (χ0) is 11.7. The summed E-state index contributed by atoms with van der Waals surface area (Å²) in [6, 6.07) is 0. The van der Waals surface area contributed by atoms with E-state index in [-0.39, 0.29) is 5.92 Å². The molecule has 0 aliphatic rings. The molecular formula is C14H26O. The normalized spacial score (nSPS) is 15.5. The van der Waals surface area contributed by atoms with Gasteiger partial charge in [0, 0.05) is 5.92 Å². The van der Waals surface area contributed by atoms with Crippen LogP contribution in [-0.4, -0.2) is 5.78 Å². The Bertz CT molecular complexity index is 194. The quantitative estimate of drug-likeness (QED) is 0.543. The molecule has 88 valence electrons. The van der Waals surface area contributed by atoms with Crippen LogP contribution in [0.15, 0.2) is 12.2 Å². The molecule has 0 N–H and O–H groups in total. The lowest BCUT2D eigenvalue weighted by Crippen LogP contribution is -2.06. The van der Waals surface area contributed by atoms with Crippen LogP contribution < -0.4 is 0 Å². The minimum Gasteiger partial charge on any atom is -0.300 e. The van der Waals surface area contributed by atoms with Crippen molar-refractivity contribution < 1.29 is 4.79 Å². The third-order valence-corrected chi connectivity index (χ3v) is 3.09. The Kier molecular flexibility index (Phi) is 8.35. The lowest BCUT2D eigenvalue weighted by atomic mass is 9.94. The van der Waals surface area contributed by atoms with Gasteiger partial charge in [-0.25, -0.2) is 0 Å². The summed E-state index contributed by atoms with van der Waals surface area (Å²) in [5.74, 6) is 1.38. The highest BCUT2D eigenvalue weighted by molar-refractivity contribution is 5.77. The summed E-state index contributed by atoms with van der Waals surface area (Å²) >= 11 is 0. The fourth-order valence-corrected chi connectivity index (χ4v) is 1.67. The number of ketones is 1. The standard InChI is InChI=1S/C14H26O/c1-5-6-7-9-12(2)10-8-11-13(3)14(4)15/h5-6,12-13H,7-11H2,1-4H3. The van der Waals surface area contributed by atoms with Crippen molar-refractivity contribution in [3.05, 3.63) is 12.2 Å². The monoisotopic (exact) mass is 210 g/mol. The Morgan fingerprint density at radius 3 is 2.40 bits per heavy atom. The summed E-state index contributed by atoms with van der Waals surface area (Å²) in [7, 11) is 0. The van der Waals surface area contributed by atoms with Gasteiger partial charge in [-0.3, -0.25) is 4.79 Å². The molecule has 2 unspecified atom stereocenters. The molecule has 1 nitrogen and oxygen atoms in total. The third kappa shape index (κ3) is 8.41. The summed E-state index contributed by atoms with van der Waals surface area (Å²) in [6.45, 7) is 8.11. The number of carbonyl (C=O) groups is 1. The Morgan fingerprint density at radius 2 is 1.87 bits per heavy atom. The number of carbonyl (C=O) groups excluding carboxylic acids is 1. The summed E-state index contributed by atoms with van der Waals surface area (Å²) in [6.07, 6.45) is 10.3. The van der Waals surface area contributed by atoms with Crippen LogP contribution >= 0.6 is 0 Å². The van der Waals surface area contributed by atoms with Gasteiger partial charge < -0.3 is 0 Å². The molecule has 2 atom stereocenters. The fourth-order valence-electron chi connectivity index (χ4n) is 1.67. The highest BCUT2D eigenvalue weighted by Gasteiger charge is 2.08. The second kappa shape index (κ2) is 8.70. The van der Waals surface area contributed by atoms with E-state index in [0.717, 1.165) is 12.3 Å². The first-order valence-corrected chi connectivity index (χ1v) is 6.19. The Morgan fingerprint density at radius 1 is 1.20 bits per heavy atom. The Hall–Kier alpha value is -0.590. The molecule has 0 amide bonds. The minimum atomic E-state index is 0.257. The maximum Gasteiger partial charge on any atom is 0.132 e. The maximum absolute atomic E-state index is 11.0. The lowest BCUT2D eigenvalue weighted by molar-refractivity contribution is -0.120. The molecule has 0 aromatic rings. The average Bonchev–Trinajstić information content (AvgIpc) is 2.18. The molecular weight excluding hydrogens is 184 g/mol. The van der Waals surface area contributed by atoms with Gasteiger partial charge in [0.15, 0.2) is 0 Å². The predicted molar refractivity (Wildman–Crippen MR) is 66.9 cm³/mol. The van der Waals surface area contributed by atoms with E-state index in [4.69, 9.17) is 0 Å². The Labute approximate surface area is 95.0 Å². The molecule has 0 fully saturated rings. The number of hydrogen-bond donors (Lipinski definition) is 0. The van der Waals surface area contributed by atoms with Crippen molar-refractivity contribution in [2.24, 2.45) is 11.8 Å². The number of rotatable bonds is 8. The smallest absolute Gasteiger partial charge is 0.132 e. The zero-order valence-electron chi connectivity index (χ0n) is 10.8. The Balaban J connectivity index is 3.46. The SMILES string of the molecule is CC=CCCC(C)CCCC(C)C(C)=O. The van der Waals surface area contributed by atoms with Crippen LogP contribution in [0.4, 0.5) is 0 Å². The summed E-state index contributed by atoms with van der Waals surface area (Å²) in [5.41, 5.74) is 0. The molecule has 0 rings (SSSR count). The predicted octanol–water partition coefficient (Wildman–Crippen LogP) is 4.37. The van der Waals surface area contributed by atoms with E-state index >= 15 is 0 Å².